The van der Waals surface area contributed by atoms with Crippen molar-refractivity contribution in [2.24, 2.45) is 0 Å². The summed E-state index contributed by atoms with van der Waals surface area (Å²) in [5, 5.41) is 9.87. The molecule has 0 aliphatic carbocycles. The lowest BCUT2D eigenvalue weighted by molar-refractivity contribution is 0.667. The Morgan fingerprint density at radius 3 is 2.02 bits per heavy atom. The Bertz CT molecular complexity index is 3180. The molecular weight excluding hydrogens is 603 g/mol. The van der Waals surface area contributed by atoms with E-state index < -0.39 is 0 Å². The minimum atomic E-state index is 0.587. The standard InChI is InChI=1S/C44H27N3O2/c1-24-21-25(2)23-27(22-24)39-43-40(37-28-12-4-3-11-26(28)19-20-35(37)49-43)46-44(45-39)47-33-17-9-7-15-31(33)38-41(47)30-14-6-5-13-29(30)36-32-16-8-10-18-34(32)48-42(36)38/h3-23H,1-2H3. The van der Waals surface area contributed by atoms with Crippen molar-refractivity contribution >= 4 is 87.4 Å². The number of benzene rings is 7. The molecule has 4 heterocycles. The van der Waals surface area contributed by atoms with E-state index in [1.165, 1.54) is 11.1 Å². The van der Waals surface area contributed by atoms with E-state index in [9.17, 15) is 0 Å². The normalized spacial score (nSPS) is 12.3. The molecule has 11 rings (SSSR count). The van der Waals surface area contributed by atoms with Crippen molar-refractivity contribution in [3.05, 3.63) is 139 Å². The van der Waals surface area contributed by atoms with E-state index in [1.807, 2.05) is 6.07 Å². The van der Waals surface area contributed by atoms with E-state index >= 15 is 0 Å². The molecule has 230 valence electrons. The van der Waals surface area contributed by atoms with Crippen LogP contribution in [0.2, 0.25) is 0 Å². The second-order valence-corrected chi connectivity index (χ2v) is 13.1. The molecule has 0 amide bonds. The second-order valence-electron chi connectivity index (χ2n) is 13.1. The van der Waals surface area contributed by atoms with E-state index in [2.05, 4.69) is 140 Å². The molecule has 0 unspecified atom stereocenters. The van der Waals surface area contributed by atoms with Gasteiger partial charge in [-0.1, -0.05) is 108 Å². The molecule has 0 radical (unpaired) electrons. The third-order valence-corrected chi connectivity index (χ3v) is 10.0. The third-order valence-electron chi connectivity index (χ3n) is 10.0. The molecule has 0 atom stereocenters. The minimum Gasteiger partial charge on any atom is -0.455 e. The maximum absolute atomic E-state index is 6.75. The quantitative estimate of drug-likeness (QED) is 0.191. The molecule has 0 saturated heterocycles. The van der Waals surface area contributed by atoms with Crippen LogP contribution in [-0.4, -0.2) is 14.5 Å². The number of hydrogen-bond acceptors (Lipinski definition) is 4. The lowest BCUT2D eigenvalue weighted by atomic mass is 9.99. The van der Waals surface area contributed by atoms with E-state index in [1.54, 1.807) is 0 Å². The fourth-order valence-electron chi connectivity index (χ4n) is 8.13. The molecule has 5 nitrogen and oxygen atoms in total. The van der Waals surface area contributed by atoms with Gasteiger partial charge in [0.25, 0.3) is 0 Å². The molecule has 0 saturated carbocycles. The van der Waals surface area contributed by atoms with E-state index in [0.717, 1.165) is 93.0 Å². The Hall–Kier alpha value is -6.46. The number of aryl methyl sites for hydroxylation is 2. The minimum absolute atomic E-state index is 0.587. The molecule has 0 aliphatic rings. The average molecular weight is 630 g/mol. The van der Waals surface area contributed by atoms with Crippen LogP contribution in [0.25, 0.3) is 105 Å². The summed E-state index contributed by atoms with van der Waals surface area (Å²) in [7, 11) is 0. The number of aromatic nitrogens is 3. The van der Waals surface area contributed by atoms with Crippen LogP contribution in [0.5, 0.6) is 0 Å². The smallest absolute Gasteiger partial charge is 0.236 e. The van der Waals surface area contributed by atoms with Crippen LogP contribution >= 0.6 is 0 Å². The van der Waals surface area contributed by atoms with Crippen LogP contribution in [0, 0.1) is 13.8 Å². The molecular formula is C44H27N3O2. The maximum atomic E-state index is 6.75. The molecule has 0 bridgehead atoms. The van der Waals surface area contributed by atoms with E-state index in [-0.39, 0.29) is 0 Å². The van der Waals surface area contributed by atoms with Gasteiger partial charge in [-0.25, -0.2) is 9.97 Å². The zero-order valence-electron chi connectivity index (χ0n) is 26.8. The number of furan rings is 2. The summed E-state index contributed by atoms with van der Waals surface area (Å²) in [5.74, 6) is 0.587. The summed E-state index contributed by atoms with van der Waals surface area (Å²) in [6.07, 6.45) is 0. The van der Waals surface area contributed by atoms with Crippen LogP contribution in [-0.2, 0) is 0 Å². The summed E-state index contributed by atoms with van der Waals surface area (Å²) in [6.45, 7) is 4.25. The van der Waals surface area contributed by atoms with Crippen molar-refractivity contribution < 1.29 is 8.83 Å². The first-order valence-electron chi connectivity index (χ1n) is 16.6. The van der Waals surface area contributed by atoms with Gasteiger partial charge in [-0.15, -0.1) is 0 Å². The van der Waals surface area contributed by atoms with Gasteiger partial charge in [0, 0.05) is 27.1 Å². The van der Waals surface area contributed by atoms with Gasteiger partial charge in [0.15, 0.2) is 5.58 Å². The van der Waals surface area contributed by atoms with Gasteiger partial charge < -0.3 is 8.83 Å². The van der Waals surface area contributed by atoms with Crippen LogP contribution in [0.1, 0.15) is 11.1 Å². The summed E-state index contributed by atoms with van der Waals surface area (Å²) < 4.78 is 15.7. The highest BCUT2D eigenvalue weighted by Crippen LogP contribution is 2.46. The van der Waals surface area contributed by atoms with Crippen molar-refractivity contribution in [1.82, 2.24) is 14.5 Å². The highest BCUT2D eigenvalue weighted by atomic mass is 16.3. The molecule has 0 fully saturated rings. The zero-order chi connectivity index (χ0) is 32.4. The van der Waals surface area contributed by atoms with Crippen LogP contribution in [0.15, 0.2) is 136 Å². The number of nitrogens with zero attached hydrogens (tertiary/aromatic N) is 3. The van der Waals surface area contributed by atoms with Crippen molar-refractivity contribution in [3.63, 3.8) is 0 Å². The van der Waals surface area contributed by atoms with Gasteiger partial charge in [-0.3, -0.25) is 4.57 Å². The van der Waals surface area contributed by atoms with Crippen LogP contribution in [0.3, 0.4) is 0 Å². The summed E-state index contributed by atoms with van der Waals surface area (Å²) in [5.41, 5.74) is 10.2. The second kappa shape index (κ2) is 9.55. The maximum Gasteiger partial charge on any atom is 0.236 e. The molecule has 0 N–H and O–H groups in total. The Morgan fingerprint density at radius 1 is 0.510 bits per heavy atom. The van der Waals surface area contributed by atoms with Crippen molar-refractivity contribution in [1.29, 1.82) is 0 Å². The molecule has 0 aliphatic heterocycles. The van der Waals surface area contributed by atoms with Gasteiger partial charge >= 0.3 is 0 Å². The topological polar surface area (TPSA) is 57.0 Å². The van der Waals surface area contributed by atoms with Gasteiger partial charge in [-0.05, 0) is 60.3 Å². The molecule has 5 heteroatoms. The Balaban J connectivity index is 1.38. The predicted octanol–water partition coefficient (Wildman–Crippen LogP) is 12.0. The highest BCUT2D eigenvalue weighted by Gasteiger charge is 2.26. The zero-order valence-corrected chi connectivity index (χ0v) is 26.8. The Labute approximate surface area is 279 Å². The molecule has 4 aromatic heterocycles. The van der Waals surface area contributed by atoms with Crippen molar-refractivity contribution in [2.75, 3.05) is 0 Å². The van der Waals surface area contributed by atoms with E-state index in [0.29, 0.717) is 11.5 Å². The first-order chi connectivity index (χ1) is 24.1. The Morgan fingerprint density at radius 2 is 1.18 bits per heavy atom. The van der Waals surface area contributed by atoms with Gasteiger partial charge in [0.05, 0.1) is 21.8 Å². The van der Waals surface area contributed by atoms with E-state index in [4.69, 9.17) is 18.8 Å². The molecule has 7 aromatic carbocycles. The SMILES string of the molecule is Cc1cc(C)cc(-c2nc(-n3c4ccccc4c4c5oc6ccccc6c5c5ccccc5c43)nc3c2oc2ccc4ccccc4c23)c1. The van der Waals surface area contributed by atoms with Crippen LogP contribution in [0.4, 0.5) is 0 Å². The molecule has 11 aromatic rings. The van der Waals surface area contributed by atoms with Crippen LogP contribution < -0.4 is 0 Å². The number of rotatable bonds is 2. The highest BCUT2D eigenvalue weighted by molar-refractivity contribution is 6.35. The number of para-hydroxylation sites is 2. The summed E-state index contributed by atoms with van der Waals surface area (Å²) in [4.78, 5) is 10.9. The molecule has 49 heavy (non-hydrogen) atoms. The van der Waals surface area contributed by atoms with Gasteiger partial charge in [0.2, 0.25) is 5.95 Å². The Kier molecular flexibility index (Phi) is 5.18. The molecule has 0 spiro atoms. The average Bonchev–Trinajstić information content (AvgIpc) is 3.81. The van der Waals surface area contributed by atoms with Crippen molar-refractivity contribution in [2.45, 2.75) is 13.8 Å². The summed E-state index contributed by atoms with van der Waals surface area (Å²) in [6, 6.07) is 44.6. The number of fused-ring (bicyclic) bond motifs is 15. The van der Waals surface area contributed by atoms with Gasteiger partial charge in [-0.2, -0.15) is 0 Å². The first-order valence-corrected chi connectivity index (χ1v) is 16.6. The monoisotopic (exact) mass is 629 g/mol. The van der Waals surface area contributed by atoms with Gasteiger partial charge in [0.1, 0.15) is 28.0 Å². The predicted molar refractivity (Wildman–Crippen MR) is 201 cm³/mol. The van der Waals surface area contributed by atoms with Crippen molar-refractivity contribution in [3.8, 4) is 17.2 Å². The first kappa shape index (κ1) is 26.6. The fraction of sp³-hybridized carbons (Fsp3) is 0.0455. The number of hydrogen-bond donors (Lipinski definition) is 0. The summed E-state index contributed by atoms with van der Waals surface area (Å²) >= 11 is 0. The third kappa shape index (κ3) is 3.59. The largest absolute Gasteiger partial charge is 0.455 e. The lowest BCUT2D eigenvalue weighted by Crippen LogP contribution is -2.03. The fourth-order valence-corrected chi connectivity index (χ4v) is 8.13. The lowest BCUT2D eigenvalue weighted by Gasteiger charge is -2.12.